The van der Waals surface area contributed by atoms with E-state index in [1.807, 2.05) is 0 Å². The van der Waals surface area contributed by atoms with Gasteiger partial charge in [0, 0.05) is 12.8 Å². The van der Waals surface area contributed by atoms with Crippen LogP contribution in [0.4, 0.5) is 0 Å². The van der Waals surface area contributed by atoms with Crippen molar-refractivity contribution in [3.05, 3.63) is 0 Å². The Hall–Kier alpha value is -1.92. The van der Waals surface area contributed by atoms with Gasteiger partial charge in [0.05, 0.1) is 5.41 Å². The van der Waals surface area contributed by atoms with Gasteiger partial charge in [0.2, 0.25) is 0 Å². The smallest absolute Gasteiger partial charge is 0.313 e. The van der Waals surface area contributed by atoms with Crippen LogP contribution in [0.1, 0.15) is 106 Å². The lowest BCUT2D eigenvalue weighted by Gasteiger charge is -2.72. The Bertz CT molecular complexity index is 1070. The number of esters is 1. The number of ether oxygens (including phenoxy) is 1. The Morgan fingerprint density at radius 2 is 1.39 bits per heavy atom. The third kappa shape index (κ3) is 3.25. The fourth-order valence-corrected chi connectivity index (χ4v) is 11.8. The summed E-state index contributed by atoms with van der Waals surface area (Å²) in [5.41, 5.74) is -2.36. The van der Waals surface area contributed by atoms with E-state index in [9.17, 15) is 29.4 Å². The summed E-state index contributed by atoms with van der Waals surface area (Å²) in [4.78, 5) is 50.3. The van der Waals surface area contributed by atoms with Crippen molar-refractivity contribution < 1.29 is 34.1 Å². The summed E-state index contributed by atoms with van der Waals surface area (Å²) in [5.74, 6) is -1.86. The second-order valence-corrected chi connectivity index (χ2v) is 14.6. The first-order valence-corrected chi connectivity index (χ1v) is 14.7. The average Bonchev–Trinajstić information content (AvgIpc) is 3.22. The lowest BCUT2D eigenvalue weighted by Crippen LogP contribution is -2.68. The van der Waals surface area contributed by atoms with Crippen LogP contribution in [-0.2, 0) is 23.9 Å². The normalized spacial score (nSPS) is 51.5. The maximum Gasteiger partial charge on any atom is 0.313 e. The number of hydrogen-bond acceptors (Lipinski definition) is 5. The Kier molecular flexibility index (Phi) is 6.21. The molecule has 0 radical (unpaired) electrons. The van der Waals surface area contributed by atoms with Crippen LogP contribution in [0, 0.1) is 56.7 Å². The van der Waals surface area contributed by atoms with Crippen molar-refractivity contribution in [2.45, 2.75) is 112 Å². The highest BCUT2D eigenvalue weighted by Crippen LogP contribution is 2.77. The van der Waals surface area contributed by atoms with E-state index in [1.54, 1.807) is 13.8 Å². The largest absolute Gasteiger partial charge is 0.481 e. The van der Waals surface area contributed by atoms with Crippen molar-refractivity contribution in [1.82, 2.24) is 0 Å². The van der Waals surface area contributed by atoms with E-state index in [2.05, 4.69) is 20.8 Å². The molecule has 7 heteroatoms. The van der Waals surface area contributed by atoms with Gasteiger partial charge in [-0.1, -0.05) is 20.8 Å². The molecule has 0 aromatic rings. The van der Waals surface area contributed by atoms with Gasteiger partial charge in [-0.05, 0) is 118 Å². The van der Waals surface area contributed by atoms with Gasteiger partial charge in [0.1, 0.15) is 17.3 Å². The molecule has 0 amide bonds. The van der Waals surface area contributed by atoms with Crippen LogP contribution in [0.15, 0.2) is 0 Å². The molecule has 5 aliphatic rings. The van der Waals surface area contributed by atoms with Gasteiger partial charge >= 0.3 is 17.9 Å². The van der Waals surface area contributed by atoms with Crippen LogP contribution >= 0.6 is 0 Å². The van der Waals surface area contributed by atoms with Gasteiger partial charge in [-0.15, -0.1) is 0 Å². The van der Waals surface area contributed by atoms with Crippen LogP contribution in [-0.4, -0.2) is 40.0 Å². The summed E-state index contributed by atoms with van der Waals surface area (Å²) in [6, 6.07) is 0. The number of carboxylic acids is 2. The second-order valence-electron chi connectivity index (χ2n) is 14.6. The standard InChI is InChI=1S/C31H46O7/c1-17(32)19-9-14-31(26(36)37)16-15-28(4)20(24(19)31)7-8-21-27(3)12-11-23(38-18(2)33)30(6,25(34)35)22(27)10-13-29(21,28)5/h19-24H,7-16H2,1-6H3,(H,34,35)(H,36,37)/t19-,20+,21+,22+,23+,24+,27+,28+,29+,30-,31-/m0/s1. The van der Waals surface area contributed by atoms with Crippen LogP contribution in [0.3, 0.4) is 0 Å². The van der Waals surface area contributed by atoms with Gasteiger partial charge in [0.25, 0.3) is 0 Å². The molecule has 11 atom stereocenters. The van der Waals surface area contributed by atoms with Gasteiger partial charge in [-0.25, -0.2) is 0 Å². The molecular weight excluding hydrogens is 484 g/mol. The molecule has 5 saturated carbocycles. The highest BCUT2D eigenvalue weighted by molar-refractivity contribution is 5.83. The van der Waals surface area contributed by atoms with Crippen molar-refractivity contribution >= 4 is 23.7 Å². The Labute approximate surface area is 226 Å². The number of ketones is 1. The molecule has 7 nitrogen and oxygen atoms in total. The molecule has 5 aliphatic carbocycles. The number of rotatable bonds is 4. The van der Waals surface area contributed by atoms with Gasteiger partial charge in [0.15, 0.2) is 0 Å². The second kappa shape index (κ2) is 8.54. The monoisotopic (exact) mass is 530 g/mol. The van der Waals surface area contributed by atoms with Gasteiger partial charge in [-0.2, -0.15) is 0 Å². The molecule has 0 saturated heterocycles. The maximum absolute atomic E-state index is 12.8. The molecule has 0 aromatic heterocycles. The highest BCUT2D eigenvalue weighted by Gasteiger charge is 2.73. The summed E-state index contributed by atoms with van der Waals surface area (Å²) < 4.78 is 5.64. The summed E-state index contributed by atoms with van der Waals surface area (Å²) in [5, 5.41) is 21.0. The molecule has 0 bridgehead atoms. The zero-order chi connectivity index (χ0) is 28.1. The minimum atomic E-state index is -1.14. The maximum atomic E-state index is 12.8. The topological polar surface area (TPSA) is 118 Å². The molecule has 0 aliphatic heterocycles. The fraction of sp³-hybridized carbons (Fsp3) is 0.871. The highest BCUT2D eigenvalue weighted by atomic mass is 16.5. The average molecular weight is 531 g/mol. The minimum absolute atomic E-state index is 0.0799. The van der Waals surface area contributed by atoms with Crippen molar-refractivity contribution in [2.75, 3.05) is 0 Å². The van der Waals surface area contributed by atoms with Crippen molar-refractivity contribution in [2.24, 2.45) is 56.7 Å². The number of carbonyl (C=O) groups is 4. The predicted molar refractivity (Wildman–Crippen MR) is 140 cm³/mol. The van der Waals surface area contributed by atoms with E-state index in [0.717, 1.165) is 38.5 Å². The van der Waals surface area contributed by atoms with Crippen molar-refractivity contribution in [3.63, 3.8) is 0 Å². The molecule has 0 heterocycles. The molecule has 0 aromatic carbocycles. The van der Waals surface area contributed by atoms with E-state index in [1.165, 1.54) is 6.92 Å². The summed E-state index contributed by atoms with van der Waals surface area (Å²) in [6.45, 7) is 11.8. The molecule has 0 spiro atoms. The zero-order valence-corrected chi connectivity index (χ0v) is 24.0. The van der Waals surface area contributed by atoms with Gasteiger partial charge in [-0.3, -0.25) is 19.2 Å². The minimum Gasteiger partial charge on any atom is -0.481 e. The van der Waals surface area contributed by atoms with Crippen molar-refractivity contribution in [1.29, 1.82) is 0 Å². The number of carboxylic acid groups (broad SMARTS) is 2. The van der Waals surface area contributed by atoms with E-state index in [0.29, 0.717) is 31.6 Å². The van der Waals surface area contributed by atoms with E-state index in [4.69, 9.17) is 4.74 Å². The van der Waals surface area contributed by atoms with Crippen LogP contribution in [0.25, 0.3) is 0 Å². The SMILES string of the molecule is CC(=O)O[C@@H]1CC[C@@]2(C)[C@@H](CC[C@]3(C)[C@@H]2CC[C@@H]2[C@H]4[C@H](C(C)=O)CC[C@]4(C(=O)O)CC[C@]23C)[C@]1(C)C(=O)O. The van der Waals surface area contributed by atoms with E-state index in [-0.39, 0.29) is 45.7 Å². The predicted octanol–water partition coefficient (Wildman–Crippen LogP) is 5.74. The molecule has 0 unspecified atom stereocenters. The van der Waals surface area contributed by atoms with Crippen LogP contribution < -0.4 is 0 Å². The number of Topliss-reactive ketones (excluding diaryl/α,β-unsaturated/α-hetero) is 1. The third-order valence-corrected chi connectivity index (χ3v) is 13.8. The quantitative estimate of drug-likeness (QED) is 0.445. The third-order valence-electron chi connectivity index (χ3n) is 13.8. The number of carbonyl (C=O) groups excluding carboxylic acids is 2. The number of fused-ring (bicyclic) bond motifs is 7. The Balaban J connectivity index is 1.55. The fourth-order valence-electron chi connectivity index (χ4n) is 11.8. The molecule has 5 fully saturated rings. The van der Waals surface area contributed by atoms with Crippen LogP contribution in [0.2, 0.25) is 0 Å². The van der Waals surface area contributed by atoms with E-state index < -0.39 is 34.8 Å². The lowest BCUT2D eigenvalue weighted by atomic mass is 9.32. The lowest BCUT2D eigenvalue weighted by molar-refractivity contribution is -0.253. The van der Waals surface area contributed by atoms with Crippen LogP contribution in [0.5, 0.6) is 0 Å². The molecule has 5 rings (SSSR count). The number of hydrogen-bond donors (Lipinski definition) is 2. The summed E-state index contributed by atoms with van der Waals surface area (Å²) in [6.07, 6.45) is 6.89. The summed E-state index contributed by atoms with van der Waals surface area (Å²) >= 11 is 0. The van der Waals surface area contributed by atoms with Gasteiger partial charge < -0.3 is 14.9 Å². The molecule has 212 valence electrons. The Morgan fingerprint density at radius 1 is 0.711 bits per heavy atom. The molecule has 2 N–H and O–H groups in total. The molecular formula is C31H46O7. The van der Waals surface area contributed by atoms with E-state index >= 15 is 0 Å². The van der Waals surface area contributed by atoms with Crippen molar-refractivity contribution in [3.8, 4) is 0 Å². The first kappa shape index (κ1) is 27.6. The molecule has 38 heavy (non-hydrogen) atoms. The Morgan fingerprint density at radius 3 is 1.97 bits per heavy atom. The zero-order valence-electron chi connectivity index (χ0n) is 24.0. The first-order valence-electron chi connectivity index (χ1n) is 14.7. The number of aliphatic carboxylic acids is 2. The first-order chi connectivity index (χ1) is 17.6. The summed E-state index contributed by atoms with van der Waals surface area (Å²) in [7, 11) is 0.